The molecule has 0 aliphatic heterocycles. The molecule has 34 heavy (non-hydrogen) atoms. The standard InChI is InChI=1S/C31H32OP.Y/c1-4-31(30(32)23-29-24(2)15-14-16-25(29)3)33(26-17-8-5-9-18-26,27-19-10-6-11-20-27)28-21-12-7-13-22-28;/h5-22,31H,4,23H2,1-3H3;/q+1;. The zero-order valence-electron chi connectivity index (χ0n) is 20.3. The van der Waals surface area contributed by atoms with Crippen LogP contribution in [0.1, 0.15) is 30.0 Å². The molecule has 1 unspecified atom stereocenters. The van der Waals surface area contributed by atoms with Crippen LogP contribution in [-0.2, 0) is 43.9 Å². The number of aryl methyl sites for hydroxylation is 2. The summed E-state index contributed by atoms with van der Waals surface area (Å²) in [6, 6.07) is 38.5. The molecule has 0 N–H and O–H groups in total. The molecule has 0 heterocycles. The first-order valence-corrected chi connectivity index (χ1v) is 13.6. The molecule has 4 rings (SSSR count). The summed E-state index contributed by atoms with van der Waals surface area (Å²) >= 11 is 0. The summed E-state index contributed by atoms with van der Waals surface area (Å²) in [6.45, 7) is 6.41. The summed E-state index contributed by atoms with van der Waals surface area (Å²) in [5, 5.41) is 3.80. The van der Waals surface area contributed by atoms with Crippen LogP contribution in [0.25, 0.3) is 0 Å². The maximum absolute atomic E-state index is 14.2. The topological polar surface area (TPSA) is 17.1 Å². The van der Waals surface area contributed by atoms with E-state index in [0.29, 0.717) is 12.2 Å². The Balaban J connectivity index is 0.00000324. The Bertz CT molecular complexity index is 1090. The van der Waals surface area contributed by atoms with Gasteiger partial charge in [0.25, 0.3) is 0 Å². The number of benzene rings is 4. The van der Waals surface area contributed by atoms with Gasteiger partial charge in [-0.1, -0.05) is 79.7 Å². The maximum Gasteiger partial charge on any atom is 0.178 e. The Morgan fingerprint density at radius 3 is 1.38 bits per heavy atom. The summed E-state index contributed by atoms with van der Waals surface area (Å²) in [5.74, 6) is 0.333. The van der Waals surface area contributed by atoms with Gasteiger partial charge in [-0.2, -0.15) is 0 Å². The Kier molecular flexibility index (Phi) is 9.55. The van der Waals surface area contributed by atoms with E-state index in [2.05, 4.69) is 130 Å². The molecule has 0 saturated carbocycles. The van der Waals surface area contributed by atoms with Gasteiger partial charge < -0.3 is 0 Å². The smallest absolute Gasteiger partial charge is 0.178 e. The fourth-order valence-corrected chi connectivity index (χ4v) is 10.1. The molecule has 0 aromatic heterocycles. The minimum atomic E-state index is -2.24. The molecular weight excluding hydrogens is 508 g/mol. The summed E-state index contributed by atoms with van der Waals surface area (Å²) in [7, 11) is -2.24. The SMILES string of the molecule is CCC(C(=O)Cc1c(C)cccc1C)[P+](c1ccccc1)(c1ccccc1)c1ccccc1.[Y]. The van der Waals surface area contributed by atoms with E-state index >= 15 is 0 Å². The van der Waals surface area contributed by atoms with Crippen molar-refractivity contribution in [1.29, 1.82) is 0 Å². The number of rotatable bonds is 8. The Labute approximate surface area is 230 Å². The number of carbonyl (C=O) groups excluding carboxylic acids is 1. The van der Waals surface area contributed by atoms with Crippen molar-refractivity contribution in [1.82, 2.24) is 0 Å². The predicted molar refractivity (Wildman–Crippen MR) is 144 cm³/mol. The van der Waals surface area contributed by atoms with E-state index in [4.69, 9.17) is 0 Å². The Morgan fingerprint density at radius 2 is 1.03 bits per heavy atom. The Hall–Kier alpha value is -1.92. The van der Waals surface area contributed by atoms with Crippen LogP contribution in [0.4, 0.5) is 0 Å². The number of carbonyl (C=O) groups is 1. The number of Topliss-reactive ketones (excluding diaryl/α,β-unsaturated/α-hetero) is 1. The minimum Gasteiger partial charge on any atom is -0.295 e. The van der Waals surface area contributed by atoms with E-state index < -0.39 is 7.26 Å². The molecule has 0 amide bonds. The largest absolute Gasteiger partial charge is 0.295 e. The summed E-state index contributed by atoms with van der Waals surface area (Å²) in [5.41, 5.74) is 3.47. The van der Waals surface area contributed by atoms with Crippen molar-refractivity contribution < 1.29 is 37.5 Å². The van der Waals surface area contributed by atoms with Crippen molar-refractivity contribution >= 4 is 29.0 Å². The second-order valence-corrected chi connectivity index (χ2v) is 12.3. The van der Waals surface area contributed by atoms with Crippen LogP contribution in [0.3, 0.4) is 0 Å². The molecule has 169 valence electrons. The van der Waals surface area contributed by atoms with E-state index in [1.54, 1.807) is 0 Å². The van der Waals surface area contributed by atoms with Crippen molar-refractivity contribution in [2.75, 3.05) is 0 Å². The first-order chi connectivity index (χ1) is 16.1. The van der Waals surface area contributed by atoms with E-state index in [1.807, 2.05) is 0 Å². The molecule has 0 aliphatic carbocycles. The van der Waals surface area contributed by atoms with E-state index in [0.717, 1.165) is 6.42 Å². The molecule has 3 heteroatoms. The summed E-state index contributed by atoms with van der Waals surface area (Å²) in [6.07, 6.45) is 1.28. The second kappa shape index (κ2) is 12.2. The number of hydrogen-bond donors (Lipinski definition) is 0. The zero-order chi connectivity index (χ0) is 23.3. The van der Waals surface area contributed by atoms with E-state index in [9.17, 15) is 4.79 Å². The van der Waals surface area contributed by atoms with Gasteiger partial charge >= 0.3 is 0 Å². The average Bonchev–Trinajstić information content (AvgIpc) is 2.86. The fraction of sp³-hybridized carbons (Fsp3) is 0.194. The van der Waals surface area contributed by atoms with Crippen molar-refractivity contribution in [3.05, 3.63) is 126 Å². The van der Waals surface area contributed by atoms with Crippen LogP contribution in [0.2, 0.25) is 0 Å². The first-order valence-electron chi connectivity index (χ1n) is 11.7. The predicted octanol–water partition coefficient (Wildman–Crippen LogP) is 6.19. The average molecular weight is 540 g/mol. The van der Waals surface area contributed by atoms with Crippen LogP contribution in [-0.4, -0.2) is 11.4 Å². The minimum absolute atomic E-state index is 0. The third-order valence-corrected chi connectivity index (χ3v) is 11.6. The van der Waals surface area contributed by atoms with Crippen LogP contribution in [0.15, 0.2) is 109 Å². The number of hydrogen-bond acceptors (Lipinski definition) is 1. The van der Waals surface area contributed by atoms with Gasteiger partial charge in [0.05, 0.1) is 0 Å². The van der Waals surface area contributed by atoms with Gasteiger partial charge in [-0.05, 0) is 73.4 Å². The molecule has 0 aliphatic rings. The molecule has 0 bridgehead atoms. The molecule has 0 spiro atoms. The van der Waals surface area contributed by atoms with Gasteiger partial charge in [0.1, 0.15) is 28.8 Å². The molecule has 0 fully saturated rings. The van der Waals surface area contributed by atoms with Crippen LogP contribution < -0.4 is 15.9 Å². The van der Waals surface area contributed by atoms with Crippen molar-refractivity contribution in [3.8, 4) is 0 Å². The molecule has 1 radical (unpaired) electrons. The molecule has 4 aromatic carbocycles. The van der Waals surface area contributed by atoms with Crippen molar-refractivity contribution in [3.63, 3.8) is 0 Å². The van der Waals surface area contributed by atoms with Crippen LogP contribution >= 0.6 is 7.26 Å². The number of ketones is 1. The van der Waals surface area contributed by atoms with Gasteiger partial charge in [0.2, 0.25) is 0 Å². The van der Waals surface area contributed by atoms with Crippen molar-refractivity contribution in [2.45, 2.75) is 39.3 Å². The van der Waals surface area contributed by atoms with Crippen LogP contribution in [0, 0.1) is 13.8 Å². The normalized spacial score (nSPS) is 12.0. The molecule has 0 saturated heterocycles. The van der Waals surface area contributed by atoms with Crippen molar-refractivity contribution in [2.24, 2.45) is 0 Å². The molecule has 4 aromatic rings. The van der Waals surface area contributed by atoms with Crippen LogP contribution in [0.5, 0.6) is 0 Å². The molecule has 1 nitrogen and oxygen atoms in total. The van der Waals surface area contributed by atoms with E-state index in [-0.39, 0.29) is 38.4 Å². The third-order valence-electron chi connectivity index (χ3n) is 6.71. The first kappa shape index (κ1) is 26.7. The fourth-order valence-electron chi connectivity index (χ4n) is 5.11. The summed E-state index contributed by atoms with van der Waals surface area (Å²) in [4.78, 5) is 14.2. The van der Waals surface area contributed by atoms with Gasteiger partial charge in [-0.15, -0.1) is 0 Å². The quantitative estimate of drug-likeness (QED) is 0.244. The second-order valence-electron chi connectivity index (χ2n) is 8.67. The van der Waals surface area contributed by atoms with Gasteiger partial charge in [-0.3, -0.25) is 4.79 Å². The summed E-state index contributed by atoms with van der Waals surface area (Å²) < 4.78 is 0. The third kappa shape index (κ3) is 5.18. The van der Waals surface area contributed by atoms with Gasteiger partial charge in [0, 0.05) is 39.1 Å². The maximum atomic E-state index is 14.2. The molecular formula is C31H32OPY+. The zero-order valence-corrected chi connectivity index (χ0v) is 24.0. The monoisotopic (exact) mass is 540 g/mol. The molecule has 1 atom stereocenters. The Morgan fingerprint density at radius 1 is 0.647 bits per heavy atom. The van der Waals surface area contributed by atoms with Gasteiger partial charge in [-0.25, -0.2) is 0 Å². The van der Waals surface area contributed by atoms with E-state index in [1.165, 1.54) is 32.6 Å². The van der Waals surface area contributed by atoms with Gasteiger partial charge in [0.15, 0.2) is 5.78 Å².